The summed E-state index contributed by atoms with van der Waals surface area (Å²) in [7, 11) is 0. The molecule has 1 unspecified atom stereocenters. The molecular formula is C22H25N3. The van der Waals surface area contributed by atoms with Crippen LogP contribution < -0.4 is 5.32 Å². The van der Waals surface area contributed by atoms with E-state index in [0.717, 1.165) is 31.7 Å². The predicted molar refractivity (Wildman–Crippen MR) is 104 cm³/mol. The Morgan fingerprint density at radius 1 is 1.00 bits per heavy atom. The van der Waals surface area contributed by atoms with Crippen LogP contribution in [0.25, 0.3) is 10.9 Å². The van der Waals surface area contributed by atoms with Gasteiger partial charge in [-0.1, -0.05) is 42.0 Å². The largest absolute Gasteiger partial charge is 0.314 e. The van der Waals surface area contributed by atoms with Gasteiger partial charge in [0, 0.05) is 37.8 Å². The Labute approximate surface area is 149 Å². The first-order valence-corrected chi connectivity index (χ1v) is 9.09. The van der Waals surface area contributed by atoms with E-state index in [0.29, 0.717) is 0 Å². The van der Waals surface area contributed by atoms with Crippen molar-refractivity contribution in [2.24, 2.45) is 0 Å². The Bertz CT molecular complexity index is 881. The summed E-state index contributed by atoms with van der Waals surface area (Å²) in [6, 6.07) is 17.7. The Balaban J connectivity index is 1.84. The van der Waals surface area contributed by atoms with Crippen molar-refractivity contribution in [3.05, 3.63) is 77.0 Å². The highest BCUT2D eigenvalue weighted by Gasteiger charge is 2.25. The molecule has 0 spiro atoms. The Morgan fingerprint density at radius 2 is 1.80 bits per heavy atom. The zero-order chi connectivity index (χ0) is 17.2. The lowest BCUT2D eigenvalue weighted by Crippen LogP contribution is -2.45. The van der Waals surface area contributed by atoms with Crippen molar-refractivity contribution < 1.29 is 0 Å². The van der Waals surface area contributed by atoms with Gasteiger partial charge < -0.3 is 5.32 Å². The number of fused-ring (bicyclic) bond motifs is 1. The van der Waals surface area contributed by atoms with Crippen LogP contribution in [0, 0.1) is 13.8 Å². The number of aryl methyl sites for hydroxylation is 2. The van der Waals surface area contributed by atoms with Gasteiger partial charge in [0.1, 0.15) is 0 Å². The smallest absolute Gasteiger partial charge is 0.0702 e. The van der Waals surface area contributed by atoms with E-state index in [2.05, 4.69) is 72.7 Å². The fourth-order valence-electron chi connectivity index (χ4n) is 3.82. The molecule has 3 nitrogen and oxygen atoms in total. The SMILES string of the molecule is Cc1ccc(C)c(C(c2cnc3ccccc3c2)N2CCNCC2)c1. The van der Waals surface area contributed by atoms with E-state index in [1.807, 2.05) is 6.07 Å². The number of hydrogen-bond donors (Lipinski definition) is 1. The van der Waals surface area contributed by atoms with Crippen molar-refractivity contribution in [1.82, 2.24) is 15.2 Å². The molecule has 2 aromatic carbocycles. The van der Waals surface area contributed by atoms with Gasteiger partial charge in [0.05, 0.1) is 11.6 Å². The molecule has 2 heterocycles. The lowest BCUT2D eigenvalue weighted by molar-refractivity contribution is 0.198. The van der Waals surface area contributed by atoms with Crippen molar-refractivity contribution >= 4 is 10.9 Å². The average Bonchev–Trinajstić information content (AvgIpc) is 2.65. The summed E-state index contributed by atoms with van der Waals surface area (Å²) in [4.78, 5) is 7.32. The molecule has 128 valence electrons. The topological polar surface area (TPSA) is 28.2 Å². The third-order valence-electron chi connectivity index (χ3n) is 5.17. The molecule has 1 aromatic heterocycles. The average molecular weight is 331 g/mol. The van der Waals surface area contributed by atoms with E-state index in [1.54, 1.807) is 0 Å². The summed E-state index contributed by atoms with van der Waals surface area (Å²) < 4.78 is 0. The molecule has 25 heavy (non-hydrogen) atoms. The third-order valence-corrected chi connectivity index (χ3v) is 5.17. The zero-order valence-electron chi connectivity index (χ0n) is 15.0. The Morgan fingerprint density at radius 3 is 2.64 bits per heavy atom. The molecular weight excluding hydrogens is 306 g/mol. The van der Waals surface area contributed by atoms with E-state index in [1.165, 1.54) is 27.6 Å². The molecule has 4 rings (SSSR count). The number of rotatable bonds is 3. The van der Waals surface area contributed by atoms with Crippen LogP contribution in [-0.2, 0) is 0 Å². The van der Waals surface area contributed by atoms with Crippen molar-refractivity contribution in [3.8, 4) is 0 Å². The molecule has 3 aromatic rings. The fourth-order valence-corrected chi connectivity index (χ4v) is 3.82. The van der Waals surface area contributed by atoms with Gasteiger partial charge >= 0.3 is 0 Å². The van der Waals surface area contributed by atoms with Gasteiger partial charge in [0.15, 0.2) is 0 Å². The second kappa shape index (κ2) is 6.95. The van der Waals surface area contributed by atoms with Crippen LogP contribution in [0.2, 0.25) is 0 Å². The standard InChI is InChI=1S/C22H25N3/c1-16-7-8-17(2)20(13-16)22(25-11-9-23-10-12-25)19-14-18-5-3-4-6-21(18)24-15-19/h3-8,13-15,22-23H,9-12H2,1-2H3. The number of nitrogens with zero attached hydrogens (tertiary/aromatic N) is 2. The molecule has 3 heteroatoms. The van der Waals surface area contributed by atoms with Crippen LogP contribution in [-0.4, -0.2) is 36.1 Å². The van der Waals surface area contributed by atoms with Crippen LogP contribution in [0.4, 0.5) is 0 Å². The normalized spacial score (nSPS) is 16.9. The molecule has 1 N–H and O–H groups in total. The van der Waals surface area contributed by atoms with Gasteiger partial charge in [0.2, 0.25) is 0 Å². The molecule has 1 aliphatic rings. The minimum absolute atomic E-state index is 0.263. The fraction of sp³-hybridized carbons (Fsp3) is 0.318. The molecule has 1 saturated heterocycles. The Hall–Kier alpha value is -2.23. The zero-order valence-corrected chi connectivity index (χ0v) is 15.0. The van der Waals surface area contributed by atoms with Crippen molar-refractivity contribution in [2.45, 2.75) is 19.9 Å². The van der Waals surface area contributed by atoms with E-state index in [4.69, 9.17) is 4.98 Å². The molecule has 0 amide bonds. The number of piperazine rings is 1. The maximum absolute atomic E-state index is 4.73. The Kier molecular flexibility index (Phi) is 4.51. The highest BCUT2D eigenvalue weighted by Crippen LogP contribution is 2.32. The quantitative estimate of drug-likeness (QED) is 0.790. The minimum Gasteiger partial charge on any atom is -0.314 e. The van der Waals surface area contributed by atoms with Crippen molar-refractivity contribution in [2.75, 3.05) is 26.2 Å². The summed E-state index contributed by atoms with van der Waals surface area (Å²) in [6.45, 7) is 8.61. The number of pyridine rings is 1. The number of aromatic nitrogens is 1. The van der Waals surface area contributed by atoms with Crippen LogP contribution in [0.3, 0.4) is 0 Å². The molecule has 0 saturated carbocycles. The minimum atomic E-state index is 0.263. The van der Waals surface area contributed by atoms with Gasteiger partial charge in [-0.3, -0.25) is 9.88 Å². The van der Waals surface area contributed by atoms with Gasteiger partial charge in [-0.15, -0.1) is 0 Å². The van der Waals surface area contributed by atoms with Crippen molar-refractivity contribution in [1.29, 1.82) is 0 Å². The van der Waals surface area contributed by atoms with Crippen LogP contribution in [0.1, 0.15) is 28.3 Å². The maximum Gasteiger partial charge on any atom is 0.0702 e. The first-order valence-electron chi connectivity index (χ1n) is 9.09. The first kappa shape index (κ1) is 16.2. The monoisotopic (exact) mass is 331 g/mol. The number of hydrogen-bond acceptors (Lipinski definition) is 3. The van der Waals surface area contributed by atoms with E-state index < -0.39 is 0 Å². The van der Waals surface area contributed by atoms with E-state index in [9.17, 15) is 0 Å². The second-order valence-corrected chi connectivity index (χ2v) is 7.01. The summed E-state index contributed by atoms with van der Waals surface area (Å²) in [5.74, 6) is 0. The molecule has 1 atom stereocenters. The molecule has 1 aliphatic heterocycles. The highest BCUT2D eigenvalue weighted by atomic mass is 15.2. The lowest BCUT2D eigenvalue weighted by atomic mass is 9.92. The summed E-state index contributed by atoms with van der Waals surface area (Å²) in [6.07, 6.45) is 2.07. The summed E-state index contributed by atoms with van der Waals surface area (Å²) in [5.41, 5.74) is 6.41. The molecule has 0 radical (unpaired) electrons. The maximum atomic E-state index is 4.73. The van der Waals surface area contributed by atoms with Crippen LogP contribution in [0.15, 0.2) is 54.7 Å². The molecule has 0 aliphatic carbocycles. The van der Waals surface area contributed by atoms with Gasteiger partial charge in [-0.05, 0) is 42.7 Å². The third kappa shape index (κ3) is 3.30. The van der Waals surface area contributed by atoms with Gasteiger partial charge in [0.25, 0.3) is 0 Å². The lowest BCUT2D eigenvalue weighted by Gasteiger charge is -2.36. The number of benzene rings is 2. The van der Waals surface area contributed by atoms with Crippen molar-refractivity contribution in [3.63, 3.8) is 0 Å². The van der Waals surface area contributed by atoms with Gasteiger partial charge in [-0.2, -0.15) is 0 Å². The van der Waals surface area contributed by atoms with Crippen LogP contribution >= 0.6 is 0 Å². The number of nitrogens with one attached hydrogen (secondary N) is 1. The second-order valence-electron chi connectivity index (χ2n) is 7.01. The first-order chi connectivity index (χ1) is 12.2. The number of para-hydroxylation sites is 1. The molecule has 1 fully saturated rings. The molecule has 0 bridgehead atoms. The van der Waals surface area contributed by atoms with E-state index >= 15 is 0 Å². The summed E-state index contributed by atoms with van der Waals surface area (Å²) in [5, 5.41) is 4.68. The van der Waals surface area contributed by atoms with Gasteiger partial charge in [-0.25, -0.2) is 0 Å². The highest BCUT2D eigenvalue weighted by molar-refractivity contribution is 5.79. The van der Waals surface area contributed by atoms with Crippen LogP contribution in [0.5, 0.6) is 0 Å². The van der Waals surface area contributed by atoms with E-state index in [-0.39, 0.29) is 6.04 Å². The summed E-state index contributed by atoms with van der Waals surface area (Å²) >= 11 is 0. The predicted octanol–water partition coefficient (Wildman–Crippen LogP) is 3.85.